The molecule has 6 nitrogen and oxygen atoms in total. The first kappa shape index (κ1) is 28.5. The lowest BCUT2D eigenvalue weighted by Gasteiger charge is -2.15. The van der Waals surface area contributed by atoms with Crippen LogP contribution in [0.4, 0.5) is 0 Å². The number of rotatable bonds is 4. The van der Waals surface area contributed by atoms with Crippen LogP contribution in [-0.2, 0) is 0 Å². The lowest BCUT2D eigenvalue weighted by atomic mass is 9.97. The molecule has 0 spiro atoms. The predicted molar refractivity (Wildman–Crippen MR) is 203 cm³/mol. The second kappa shape index (κ2) is 10.7. The highest BCUT2D eigenvalue weighted by Crippen LogP contribution is 2.38. The van der Waals surface area contributed by atoms with Gasteiger partial charge in [0.2, 0.25) is 0 Å². The molecule has 0 saturated heterocycles. The maximum Gasteiger partial charge on any atom is 0.146 e. The lowest BCUT2D eigenvalue weighted by molar-refractivity contribution is 0.484. The molecule has 0 radical (unpaired) electrons. The number of para-hydroxylation sites is 1. The molecule has 0 aliphatic carbocycles. The first-order valence-electron chi connectivity index (χ1n) is 16.8. The van der Waals surface area contributed by atoms with Gasteiger partial charge >= 0.3 is 0 Å². The standard InChI is InChI=1S/C44H31N5O/c1-26-20-27(2)41(28(3)21-26)40-24-46-43-36-23-31(16-18-34(36)42-39(49(40)43)14-9-19-45-42)50-30-15-17-32-33-12-7-8-13-38(33)48-25-37(29-10-5-4-6-11-29)47-44(48)35(32)22-30/h4-25H,1-3H3. The van der Waals surface area contributed by atoms with Crippen molar-refractivity contribution in [3.8, 4) is 34.0 Å². The molecule has 5 aromatic heterocycles. The van der Waals surface area contributed by atoms with Crippen molar-refractivity contribution in [2.45, 2.75) is 20.8 Å². The summed E-state index contributed by atoms with van der Waals surface area (Å²) in [5.74, 6) is 1.47. The highest BCUT2D eigenvalue weighted by molar-refractivity contribution is 6.13. The van der Waals surface area contributed by atoms with Crippen molar-refractivity contribution < 1.29 is 4.74 Å². The molecule has 0 bridgehead atoms. The van der Waals surface area contributed by atoms with Crippen molar-refractivity contribution in [3.05, 3.63) is 151 Å². The van der Waals surface area contributed by atoms with E-state index in [1.807, 2.05) is 48.8 Å². The molecule has 0 fully saturated rings. The Morgan fingerprint density at radius 2 is 1.28 bits per heavy atom. The number of imidazole rings is 2. The maximum absolute atomic E-state index is 6.66. The minimum absolute atomic E-state index is 0.728. The Balaban J connectivity index is 1.15. The first-order valence-corrected chi connectivity index (χ1v) is 16.8. The van der Waals surface area contributed by atoms with E-state index in [0.717, 1.165) is 77.8 Å². The van der Waals surface area contributed by atoms with Crippen LogP contribution in [-0.4, -0.2) is 23.8 Å². The maximum atomic E-state index is 6.66. The van der Waals surface area contributed by atoms with Crippen LogP contribution < -0.4 is 4.74 Å². The molecule has 0 amide bonds. The second-order valence-electron chi connectivity index (χ2n) is 13.2. The molecule has 5 heterocycles. The zero-order valence-corrected chi connectivity index (χ0v) is 27.8. The van der Waals surface area contributed by atoms with E-state index in [-0.39, 0.29) is 0 Å². The summed E-state index contributed by atoms with van der Waals surface area (Å²) in [6.45, 7) is 6.49. The van der Waals surface area contributed by atoms with Gasteiger partial charge in [0.25, 0.3) is 0 Å². The number of fused-ring (bicyclic) bond motifs is 12. The van der Waals surface area contributed by atoms with Crippen molar-refractivity contribution in [3.63, 3.8) is 0 Å². The zero-order chi connectivity index (χ0) is 33.5. The van der Waals surface area contributed by atoms with Crippen LogP contribution in [0.3, 0.4) is 0 Å². The molecule has 6 heteroatoms. The summed E-state index contributed by atoms with van der Waals surface area (Å²) in [5.41, 5.74) is 12.8. The molecule has 0 aliphatic rings. The smallest absolute Gasteiger partial charge is 0.146 e. The van der Waals surface area contributed by atoms with Gasteiger partial charge in [-0.2, -0.15) is 0 Å². The van der Waals surface area contributed by atoms with Gasteiger partial charge in [-0.25, -0.2) is 9.97 Å². The van der Waals surface area contributed by atoms with Crippen molar-refractivity contribution >= 4 is 54.8 Å². The highest BCUT2D eigenvalue weighted by Gasteiger charge is 2.19. The third-order valence-electron chi connectivity index (χ3n) is 9.91. The number of hydrogen-bond acceptors (Lipinski definition) is 4. The van der Waals surface area contributed by atoms with Crippen molar-refractivity contribution in [2.75, 3.05) is 0 Å². The molecule has 0 saturated carbocycles. The summed E-state index contributed by atoms with van der Waals surface area (Å²) in [5, 5.41) is 5.35. The molecule has 10 aromatic rings. The summed E-state index contributed by atoms with van der Waals surface area (Å²) in [4.78, 5) is 15.0. The minimum Gasteiger partial charge on any atom is -0.457 e. The molecule has 238 valence electrons. The van der Waals surface area contributed by atoms with E-state index in [1.165, 1.54) is 27.6 Å². The third kappa shape index (κ3) is 4.25. The van der Waals surface area contributed by atoms with Crippen LogP contribution in [0.2, 0.25) is 0 Å². The molecule has 50 heavy (non-hydrogen) atoms. The first-order chi connectivity index (χ1) is 24.5. The Bertz CT molecular complexity index is 2970. The van der Waals surface area contributed by atoms with Gasteiger partial charge < -0.3 is 4.74 Å². The fourth-order valence-corrected chi connectivity index (χ4v) is 7.87. The molecular formula is C44H31N5O. The predicted octanol–water partition coefficient (Wildman–Crippen LogP) is 11.0. The van der Waals surface area contributed by atoms with Crippen LogP contribution in [0.15, 0.2) is 134 Å². The fraction of sp³-hybridized carbons (Fsp3) is 0.0682. The quantitative estimate of drug-likeness (QED) is 0.179. The number of hydrogen-bond donors (Lipinski definition) is 0. The van der Waals surface area contributed by atoms with E-state index in [2.05, 4.69) is 115 Å². The normalized spacial score (nSPS) is 11.9. The Morgan fingerprint density at radius 1 is 0.580 bits per heavy atom. The number of pyridine rings is 3. The zero-order valence-electron chi connectivity index (χ0n) is 27.8. The van der Waals surface area contributed by atoms with Crippen molar-refractivity contribution in [2.24, 2.45) is 0 Å². The number of aryl methyl sites for hydroxylation is 3. The van der Waals surface area contributed by atoms with Crippen molar-refractivity contribution in [1.82, 2.24) is 23.8 Å². The Labute approximate surface area is 287 Å². The Hall–Kier alpha value is -6.53. The monoisotopic (exact) mass is 645 g/mol. The summed E-state index contributed by atoms with van der Waals surface area (Å²) in [7, 11) is 0. The van der Waals surface area contributed by atoms with Gasteiger partial charge in [-0.1, -0.05) is 66.2 Å². The van der Waals surface area contributed by atoms with E-state index in [4.69, 9.17) is 19.7 Å². The Morgan fingerprint density at radius 3 is 2.08 bits per heavy atom. The van der Waals surface area contributed by atoms with E-state index >= 15 is 0 Å². The average molecular weight is 646 g/mol. The van der Waals surface area contributed by atoms with Crippen LogP contribution in [0.5, 0.6) is 11.5 Å². The van der Waals surface area contributed by atoms with Crippen molar-refractivity contribution in [1.29, 1.82) is 0 Å². The molecular weight excluding hydrogens is 615 g/mol. The van der Waals surface area contributed by atoms with Gasteiger partial charge in [0.1, 0.15) is 22.8 Å². The number of nitrogens with zero attached hydrogens (tertiary/aromatic N) is 5. The molecule has 0 aliphatic heterocycles. The average Bonchev–Trinajstić information content (AvgIpc) is 3.78. The van der Waals surface area contributed by atoms with Gasteiger partial charge in [0.05, 0.1) is 34.1 Å². The molecule has 0 N–H and O–H groups in total. The second-order valence-corrected chi connectivity index (χ2v) is 13.2. The summed E-state index contributed by atoms with van der Waals surface area (Å²) in [6, 6.07) is 39.9. The third-order valence-corrected chi connectivity index (χ3v) is 9.91. The van der Waals surface area contributed by atoms with E-state index < -0.39 is 0 Å². The lowest BCUT2D eigenvalue weighted by Crippen LogP contribution is -1.98. The minimum atomic E-state index is 0.728. The van der Waals surface area contributed by atoms with Gasteiger partial charge in [-0.15, -0.1) is 0 Å². The van der Waals surface area contributed by atoms with Crippen LogP contribution >= 0.6 is 0 Å². The molecule has 5 aromatic carbocycles. The van der Waals surface area contributed by atoms with Gasteiger partial charge in [-0.3, -0.25) is 13.8 Å². The van der Waals surface area contributed by atoms with E-state index in [0.29, 0.717) is 0 Å². The van der Waals surface area contributed by atoms with Crippen LogP contribution in [0.25, 0.3) is 77.3 Å². The summed E-state index contributed by atoms with van der Waals surface area (Å²) in [6.07, 6.45) is 5.98. The molecule has 0 atom stereocenters. The largest absolute Gasteiger partial charge is 0.457 e. The fourth-order valence-electron chi connectivity index (χ4n) is 7.87. The number of aromatic nitrogens is 5. The molecule has 10 rings (SSSR count). The van der Waals surface area contributed by atoms with Crippen LogP contribution in [0.1, 0.15) is 16.7 Å². The van der Waals surface area contributed by atoms with Crippen LogP contribution in [0, 0.1) is 20.8 Å². The Kier molecular flexibility index (Phi) is 6.12. The highest BCUT2D eigenvalue weighted by atomic mass is 16.5. The summed E-state index contributed by atoms with van der Waals surface area (Å²) < 4.78 is 11.1. The molecule has 0 unspecified atom stereocenters. The van der Waals surface area contributed by atoms with Gasteiger partial charge in [0, 0.05) is 45.1 Å². The van der Waals surface area contributed by atoms with E-state index in [9.17, 15) is 0 Å². The number of benzene rings is 5. The number of ether oxygens (including phenoxy) is 1. The van der Waals surface area contributed by atoms with Gasteiger partial charge in [0.15, 0.2) is 0 Å². The van der Waals surface area contributed by atoms with E-state index in [1.54, 1.807) is 0 Å². The van der Waals surface area contributed by atoms with Gasteiger partial charge in [-0.05, 0) is 91.9 Å². The topological polar surface area (TPSA) is 56.7 Å². The SMILES string of the molecule is Cc1cc(C)c(-c2cnc3c4cc(Oc5ccc6c7ccccc7n7cc(-c8ccccc8)nc7c6c5)ccc4c4ncccc4n23)c(C)c1. The summed E-state index contributed by atoms with van der Waals surface area (Å²) >= 11 is 0.